The minimum atomic E-state index is -1.01. The Kier molecular flexibility index (Phi) is 1.83. The van der Waals surface area contributed by atoms with Crippen LogP contribution in [0.1, 0.15) is 18.7 Å². The fraction of sp³-hybridized carbons (Fsp3) is 0.500. The molecule has 76 valence electrons. The van der Waals surface area contributed by atoms with Gasteiger partial charge in [0.25, 0.3) is 0 Å². The number of nitrogens with one attached hydrogen (secondary N) is 2. The molecule has 14 heavy (non-hydrogen) atoms. The zero-order valence-electron chi connectivity index (χ0n) is 7.70. The maximum Gasteiger partial charge on any atom is 0.328 e. The standard InChI is InChI=1S/C8H11N3O3/c1-4(7(12)13)11-6-5(2-3-9-6)10-8(11)14/h4,9H,2-3H2,1H3,(H,10,14)(H,12,13)/t4-/m0/s1. The number of aliphatic carboxylic acids is 1. The Bertz CT molecular complexity index is 432. The second-order valence-corrected chi connectivity index (χ2v) is 3.32. The van der Waals surface area contributed by atoms with Crippen LogP contribution in [0, 0.1) is 0 Å². The van der Waals surface area contributed by atoms with Gasteiger partial charge in [-0.15, -0.1) is 0 Å². The quantitative estimate of drug-likeness (QED) is 0.612. The van der Waals surface area contributed by atoms with E-state index >= 15 is 0 Å². The highest BCUT2D eigenvalue weighted by atomic mass is 16.4. The SMILES string of the molecule is C[C@@H](C(=O)O)n1c2c([nH]c1=O)CCN2. The van der Waals surface area contributed by atoms with E-state index in [1.54, 1.807) is 0 Å². The summed E-state index contributed by atoms with van der Waals surface area (Å²) in [5, 5.41) is 11.8. The van der Waals surface area contributed by atoms with E-state index in [9.17, 15) is 9.59 Å². The number of carboxylic acids is 1. The van der Waals surface area contributed by atoms with Crippen molar-refractivity contribution in [2.24, 2.45) is 0 Å². The van der Waals surface area contributed by atoms with Crippen molar-refractivity contribution >= 4 is 11.8 Å². The van der Waals surface area contributed by atoms with Gasteiger partial charge in [0.05, 0.1) is 5.69 Å². The molecule has 1 aliphatic rings. The number of carbonyl (C=O) groups is 1. The molecule has 0 amide bonds. The number of aromatic amines is 1. The highest BCUT2D eigenvalue weighted by Gasteiger charge is 2.25. The number of hydrogen-bond donors (Lipinski definition) is 3. The summed E-state index contributed by atoms with van der Waals surface area (Å²) in [6.45, 7) is 2.23. The van der Waals surface area contributed by atoms with E-state index in [2.05, 4.69) is 10.3 Å². The van der Waals surface area contributed by atoms with Gasteiger partial charge < -0.3 is 15.4 Å². The molecule has 1 aromatic heterocycles. The molecule has 0 saturated heterocycles. The summed E-state index contributed by atoms with van der Waals surface area (Å²) >= 11 is 0. The molecule has 0 radical (unpaired) electrons. The maximum atomic E-state index is 11.4. The summed E-state index contributed by atoms with van der Waals surface area (Å²) in [6.07, 6.45) is 0.740. The lowest BCUT2D eigenvalue weighted by molar-refractivity contribution is -0.140. The van der Waals surface area contributed by atoms with Gasteiger partial charge in [-0.2, -0.15) is 0 Å². The van der Waals surface area contributed by atoms with Crippen molar-refractivity contribution in [1.82, 2.24) is 9.55 Å². The average molecular weight is 197 g/mol. The zero-order chi connectivity index (χ0) is 10.3. The number of carboxylic acid groups (broad SMARTS) is 1. The van der Waals surface area contributed by atoms with Crippen LogP contribution in [-0.4, -0.2) is 27.2 Å². The molecule has 0 spiro atoms. The van der Waals surface area contributed by atoms with Crippen LogP contribution in [0.4, 0.5) is 5.82 Å². The Balaban J connectivity index is 2.52. The monoisotopic (exact) mass is 197 g/mol. The van der Waals surface area contributed by atoms with Crippen molar-refractivity contribution < 1.29 is 9.90 Å². The van der Waals surface area contributed by atoms with E-state index in [4.69, 9.17) is 5.11 Å². The van der Waals surface area contributed by atoms with Crippen molar-refractivity contribution in [3.63, 3.8) is 0 Å². The molecule has 1 atom stereocenters. The number of imidazole rings is 1. The van der Waals surface area contributed by atoms with Gasteiger partial charge in [0, 0.05) is 13.0 Å². The lowest BCUT2D eigenvalue weighted by Gasteiger charge is -2.09. The van der Waals surface area contributed by atoms with Gasteiger partial charge in [-0.05, 0) is 6.92 Å². The Morgan fingerprint density at radius 1 is 1.64 bits per heavy atom. The van der Waals surface area contributed by atoms with Gasteiger partial charge in [-0.3, -0.25) is 4.57 Å². The molecule has 2 heterocycles. The Morgan fingerprint density at radius 2 is 2.36 bits per heavy atom. The van der Waals surface area contributed by atoms with Crippen molar-refractivity contribution in [1.29, 1.82) is 0 Å². The fourth-order valence-electron chi connectivity index (χ4n) is 1.65. The summed E-state index contributed by atoms with van der Waals surface area (Å²) < 4.78 is 1.24. The first-order chi connectivity index (χ1) is 6.61. The normalized spacial score (nSPS) is 16.1. The van der Waals surface area contributed by atoms with Crippen LogP contribution < -0.4 is 11.0 Å². The molecule has 6 nitrogen and oxygen atoms in total. The molecule has 6 heteroatoms. The molecule has 0 aliphatic carbocycles. The van der Waals surface area contributed by atoms with Gasteiger partial charge in [-0.1, -0.05) is 0 Å². The largest absolute Gasteiger partial charge is 0.480 e. The molecule has 2 rings (SSSR count). The van der Waals surface area contributed by atoms with Gasteiger partial charge in [-0.25, -0.2) is 9.59 Å². The average Bonchev–Trinajstić information content (AvgIpc) is 2.62. The molecule has 0 aromatic carbocycles. The van der Waals surface area contributed by atoms with Crippen LogP contribution in [0.3, 0.4) is 0 Å². The van der Waals surface area contributed by atoms with Crippen LogP contribution in [0.25, 0.3) is 0 Å². The number of H-pyrrole nitrogens is 1. The molecule has 0 bridgehead atoms. The number of rotatable bonds is 2. The number of nitrogens with zero attached hydrogens (tertiary/aromatic N) is 1. The molecule has 0 fully saturated rings. The van der Waals surface area contributed by atoms with Crippen LogP contribution in [-0.2, 0) is 11.2 Å². The summed E-state index contributed by atoms with van der Waals surface area (Å²) in [5.41, 5.74) is 0.431. The van der Waals surface area contributed by atoms with E-state index in [1.807, 2.05) is 0 Å². The van der Waals surface area contributed by atoms with E-state index in [0.717, 1.165) is 18.7 Å². The summed E-state index contributed by atoms with van der Waals surface area (Å²) in [6, 6.07) is -0.840. The third kappa shape index (κ3) is 1.11. The molecular formula is C8H11N3O3. The topological polar surface area (TPSA) is 87.1 Å². The maximum absolute atomic E-state index is 11.4. The van der Waals surface area contributed by atoms with Crippen LogP contribution in [0.5, 0.6) is 0 Å². The first kappa shape index (κ1) is 8.86. The van der Waals surface area contributed by atoms with E-state index < -0.39 is 12.0 Å². The van der Waals surface area contributed by atoms with Gasteiger partial charge >= 0.3 is 11.7 Å². The van der Waals surface area contributed by atoms with Crippen LogP contribution in [0.15, 0.2) is 4.79 Å². The third-order valence-corrected chi connectivity index (χ3v) is 2.42. The number of anilines is 1. The molecule has 0 saturated carbocycles. The summed E-state index contributed by atoms with van der Waals surface area (Å²) in [4.78, 5) is 24.8. The lowest BCUT2D eigenvalue weighted by Crippen LogP contribution is -2.27. The fourth-order valence-corrected chi connectivity index (χ4v) is 1.65. The Labute approximate surface area is 79.6 Å². The van der Waals surface area contributed by atoms with Gasteiger partial charge in [0.1, 0.15) is 11.9 Å². The lowest BCUT2D eigenvalue weighted by atomic mass is 10.3. The minimum absolute atomic E-state index is 0.364. The number of aromatic nitrogens is 2. The highest BCUT2D eigenvalue weighted by molar-refractivity contribution is 5.72. The Hall–Kier alpha value is -1.72. The molecule has 0 unspecified atom stereocenters. The van der Waals surface area contributed by atoms with Crippen molar-refractivity contribution in [3.8, 4) is 0 Å². The Morgan fingerprint density at radius 3 is 3.00 bits per heavy atom. The zero-order valence-corrected chi connectivity index (χ0v) is 7.70. The van der Waals surface area contributed by atoms with Crippen molar-refractivity contribution in [3.05, 3.63) is 16.2 Å². The van der Waals surface area contributed by atoms with E-state index in [-0.39, 0.29) is 5.69 Å². The van der Waals surface area contributed by atoms with Crippen LogP contribution in [0.2, 0.25) is 0 Å². The van der Waals surface area contributed by atoms with Crippen molar-refractivity contribution in [2.45, 2.75) is 19.4 Å². The molecule has 1 aromatic rings. The van der Waals surface area contributed by atoms with E-state index in [1.165, 1.54) is 11.5 Å². The molecular weight excluding hydrogens is 186 g/mol. The minimum Gasteiger partial charge on any atom is -0.480 e. The first-order valence-electron chi connectivity index (χ1n) is 4.41. The predicted octanol–water partition coefficient (Wildman–Crippen LogP) is -0.210. The molecule has 3 N–H and O–H groups in total. The van der Waals surface area contributed by atoms with Gasteiger partial charge in [0.2, 0.25) is 0 Å². The smallest absolute Gasteiger partial charge is 0.328 e. The first-order valence-corrected chi connectivity index (χ1v) is 4.41. The van der Waals surface area contributed by atoms with Crippen LogP contribution >= 0.6 is 0 Å². The summed E-state index contributed by atoms with van der Waals surface area (Å²) in [7, 11) is 0. The third-order valence-electron chi connectivity index (χ3n) is 2.42. The van der Waals surface area contributed by atoms with Crippen molar-refractivity contribution in [2.75, 3.05) is 11.9 Å². The number of hydrogen-bond acceptors (Lipinski definition) is 3. The number of fused-ring (bicyclic) bond motifs is 1. The highest BCUT2D eigenvalue weighted by Crippen LogP contribution is 2.21. The molecule has 1 aliphatic heterocycles. The predicted molar refractivity (Wildman–Crippen MR) is 49.6 cm³/mol. The second-order valence-electron chi connectivity index (χ2n) is 3.32. The summed E-state index contributed by atoms with van der Waals surface area (Å²) in [5.74, 6) is -0.396. The van der Waals surface area contributed by atoms with E-state index in [0.29, 0.717) is 5.82 Å². The second kappa shape index (κ2) is 2.90. The van der Waals surface area contributed by atoms with Gasteiger partial charge in [0.15, 0.2) is 0 Å².